The molecule has 1 aliphatic carbocycles. The molecule has 0 amide bonds. The van der Waals surface area contributed by atoms with Gasteiger partial charge in [-0.25, -0.2) is 9.07 Å². The summed E-state index contributed by atoms with van der Waals surface area (Å²) in [7, 11) is 0. The van der Waals surface area contributed by atoms with Gasteiger partial charge < -0.3 is 5.11 Å². The molecular formula is C21H23FN4O3S. The van der Waals surface area contributed by atoms with E-state index in [0.29, 0.717) is 30.8 Å². The Morgan fingerprint density at radius 3 is 2.77 bits per heavy atom. The van der Waals surface area contributed by atoms with Crippen LogP contribution in [-0.4, -0.2) is 55.1 Å². The molecule has 30 heavy (non-hydrogen) atoms. The number of ketones is 1. The molecule has 0 spiro atoms. The number of nitrogens with zero attached hydrogens (tertiary/aromatic N) is 4. The zero-order valence-corrected chi connectivity index (χ0v) is 17.2. The topological polar surface area (TPSA) is 88.3 Å². The van der Waals surface area contributed by atoms with Gasteiger partial charge in [0.05, 0.1) is 12.2 Å². The molecule has 2 unspecified atom stereocenters. The number of aliphatic carboxylic acids is 1. The Morgan fingerprint density at radius 2 is 2.07 bits per heavy atom. The first-order valence-electron chi connectivity index (χ1n) is 9.95. The molecule has 2 atom stereocenters. The highest BCUT2D eigenvalue weighted by Gasteiger charge is 2.40. The zero-order valence-electron chi connectivity index (χ0n) is 16.3. The Bertz CT molecular complexity index is 988. The monoisotopic (exact) mass is 430 g/mol. The van der Waals surface area contributed by atoms with E-state index < -0.39 is 12.0 Å². The van der Waals surface area contributed by atoms with Crippen LogP contribution in [0.2, 0.25) is 0 Å². The largest absolute Gasteiger partial charge is 0.480 e. The van der Waals surface area contributed by atoms with E-state index in [2.05, 4.69) is 22.9 Å². The third-order valence-electron chi connectivity index (χ3n) is 5.50. The highest BCUT2D eigenvalue weighted by molar-refractivity contribution is 7.81. The standard InChI is InChI=1S/C21H23FN4O3S/c22-17-4-2-1-3-16(17)20(21(29)13-5-6-13)25-8-7-18(30)14(10-25)9-15-11-26(24-23-15)12-19(27)28/h1-4,9,11,13,18,20,30H,5-8,10,12H2,(H,27,28). The number of thiol groups is 1. The van der Waals surface area contributed by atoms with E-state index in [9.17, 15) is 14.0 Å². The number of carboxylic acid groups (broad SMARTS) is 1. The van der Waals surface area contributed by atoms with Crippen molar-refractivity contribution in [3.63, 3.8) is 0 Å². The maximum Gasteiger partial charge on any atom is 0.325 e. The van der Waals surface area contributed by atoms with Crippen LogP contribution in [0.1, 0.15) is 36.6 Å². The van der Waals surface area contributed by atoms with Crippen LogP contribution in [0.15, 0.2) is 36.0 Å². The summed E-state index contributed by atoms with van der Waals surface area (Å²) >= 11 is 4.67. The minimum Gasteiger partial charge on any atom is -0.480 e. The normalized spacial score (nSPS) is 22.2. The van der Waals surface area contributed by atoms with Crippen molar-refractivity contribution in [3.8, 4) is 0 Å². The fourth-order valence-corrected chi connectivity index (χ4v) is 4.13. The molecule has 1 aromatic carbocycles. The molecule has 2 aromatic rings. The summed E-state index contributed by atoms with van der Waals surface area (Å²) in [5.74, 6) is -1.29. The van der Waals surface area contributed by atoms with Crippen LogP contribution in [0.5, 0.6) is 0 Å². The number of piperidine rings is 1. The van der Waals surface area contributed by atoms with Gasteiger partial charge in [0.25, 0.3) is 0 Å². The molecule has 1 aliphatic heterocycles. The van der Waals surface area contributed by atoms with Gasteiger partial charge >= 0.3 is 5.97 Å². The molecule has 7 nitrogen and oxygen atoms in total. The number of aromatic nitrogens is 3. The van der Waals surface area contributed by atoms with Gasteiger partial charge in [0.15, 0.2) is 5.78 Å². The third kappa shape index (κ3) is 4.62. The van der Waals surface area contributed by atoms with E-state index >= 15 is 0 Å². The predicted molar refractivity (Wildman–Crippen MR) is 111 cm³/mol. The first-order chi connectivity index (χ1) is 14.4. The number of benzene rings is 1. The fraction of sp³-hybridized carbons (Fsp3) is 0.429. The van der Waals surface area contributed by atoms with Crippen LogP contribution in [0.25, 0.3) is 6.08 Å². The number of halogens is 1. The molecular weight excluding hydrogens is 407 g/mol. The van der Waals surface area contributed by atoms with Crippen molar-refractivity contribution in [2.24, 2.45) is 5.92 Å². The molecule has 0 bridgehead atoms. The van der Waals surface area contributed by atoms with Crippen molar-refractivity contribution in [2.45, 2.75) is 37.1 Å². The molecule has 1 saturated carbocycles. The lowest BCUT2D eigenvalue weighted by Crippen LogP contribution is -2.42. The molecule has 158 valence electrons. The lowest BCUT2D eigenvalue weighted by atomic mass is 9.93. The number of rotatable bonds is 7. The van der Waals surface area contributed by atoms with Gasteiger partial charge in [-0.3, -0.25) is 14.5 Å². The first kappa shape index (κ1) is 20.7. The summed E-state index contributed by atoms with van der Waals surface area (Å²) in [5, 5.41) is 16.7. The SMILES string of the molecule is O=C(O)Cn1cc(C=C2CN(C(C(=O)C3CC3)c3ccccc3F)CCC2S)nn1. The molecule has 1 N–H and O–H groups in total. The lowest BCUT2D eigenvalue weighted by molar-refractivity contribution is -0.138. The van der Waals surface area contributed by atoms with Crippen molar-refractivity contribution in [3.05, 3.63) is 53.1 Å². The van der Waals surface area contributed by atoms with E-state index in [-0.39, 0.29) is 29.3 Å². The summed E-state index contributed by atoms with van der Waals surface area (Å²) in [4.78, 5) is 25.9. The highest BCUT2D eigenvalue weighted by atomic mass is 32.1. The van der Waals surface area contributed by atoms with Crippen LogP contribution < -0.4 is 0 Å². The minimum absolute atomic E-state index is 0.00618. The molecule has 4 rings (SSSR count). The Kier molecular flexibility index (Phi) is 6.01. The van der Waals surface area contributed by atoms with Crippen LogP contribution in [0.3, 0.4) is 0 Å². The van der Waals surface area contributed by atoms with Crippen molar-refractivity contribution in [1.29, 1.82) is 0 Å². The third-order valence-corrected chi connectivity index (χ3v) is 6.09. The zero-order chi connectivity index (χ0) is 21.3. The fourth-order valence-electron chi connectivity index (χ4n) is 3.86. The van der Waals surface area contributed by atoms with Gasteiger partial charge in [0.2, 0.25) is 0 Å². The molecule has 9 heteroatoms. The number of likely N-dealkylation sites (tertiary alicyclic amines) is 1. The molecule has 2 aliphatic rings. The first-order valence-corrected chi connectivity index (χ1v) is 10.5. The number of Topliss-reactive ketones (excluding diaryl/α,β-unsaturated/α-hetero) is 1. The molecule has 2 fully saturated rings. The van der Waals surface area contributed by atoms with Gasteiger partial charge in [-0.15, -0.1) is 5.10 Å². The average Bonchev–Trinajstić information content (AvgIpc) is 3.47. The van der Waals surface area contributed by atoms with E-state index in [0.717, 1.165) is 18.4 Å². The van der Waals surface area contributed by atoms with E-state index in [1.165, 1.54) is 10.7 Å². The van der Waals surface area contributed by atoms with Crippen LogP contribution >= 0.6 is 12.6 Å². The summed E-state index contributed by atoms with van der Waals surface area (Å²) in [5.41, 5.74) is 1.89. The van der Waals surface area contributed by atoms with Crippen LogP contribution in [0, 0.1) is 11.7 Å². The van der Waals surface area contributed by atoms with Crippen molar-refractivity contribution >= 4 is 30.5 Å². The van der Waals surface area contributed by atoms with Crippen molar-refractivity contribution in [2.75, 3.05) is 13.1 Å². The second kappa shape index (κ2) is 8.69. The Hall–Kier alpha value is -2.52. The van der Waals surface area contributed by atoms with Gasteiger partial charge in [0.1, 0.15) is 18.1 Å². The smallest absolute Gasteiger partial charge is 0.325 e. The number of hydrogen-bond acceptors (Lipinski definition) is 6. The quantitative estimate of drug-likeness (QED) is 0.657. The summed E-state index contributed by atoms with van der Waals surface area (Å²) in [6.07, 6.45) is 5.82. The van der Waals surface area contributed by atoms with E-state index in [1.807, 2.05) is 11.0 Å². The van der Waals surface area contributed by atoms with Crippen LogP contribution in [0.4, 0.5) is 4.39 Å². The summed E-state index contributed by atoms with van der Waals surface area (Å²) in [6, 6.07) is 5.85. The average molecular weight is 431 g/mol. The van der Waals surface area contributed by atoms with Gasteiger partial charge in [-0.05, 0) is 37.0 Å². The second-order valence-electron chi connectivity index (χ2n) is 7.83. The number of carboxylic acids is 1. The van der Waals surface area contributed by atoms with Gasteiger partial charge in [-0.2, -0.15) is 12.6 Å². The minimum atomic E-state index is -0.999. The van der Waals surface area contributed by atoms with Gasteiger partial charge in [0, 0.05) is 29.8 Å². The number of carbonyl (C=O) groups is 2. The maximum atomic E-state index is 14.6. The van der Waals surface area contributed by atoms with E-state index in [1.54, 1.807) is 24.4 Å². The second-order valence-corrected chi connectivity index (χ2v) is 8.45. The molecule has 1 aromatic heterocycles. The Balaban J connectivity index is 1.60. The molecule has 1 saturated heterocycles. The van der Waals surface area contributed by atoms with Crippen molar-refractivity contribution < 1.29 is 19.1 Å². The maximum absolute atomic E-state index is 14.6. The molecule has 2 heterocycles. The van der Waals surface area contributed by atoms with Crippen LogP contribution in [-0.2, 0) is 16.1 Å². The molecule has 0 radical (unpaired) electrons. The van der Waals surface area contributed by atoms with E-state index in [4.69, 9.17) is 5.11 Å². The number of carbonyl (C=O) groups excluding carboxylic acids is 1. The predicted octanol–water partition coefficient (Wildman–Crippen LogP) is 2.61. The highest BCUT2D eigenvalue weighted by Crippen LogP contribution is 2.39. The Morgan fingerprint density at radius 1 is 1.30 bits per heavy atom. The lowest BCUT2D eigenvalue weighted by Gasteiger charge is -2.37. The Labute approximate surface area is 179 Å². The van der Waals surface area contributed by atoms with Gasteiger partial charge in [-0.1, -0.05) is 23.4 Å². The number of hydrogen-bond donors (Lipinski definition) is 2. The summed E-state index contributed by atoms with van der Waals surface area (Å²) in [6.45, 7) is 0.823. The van der Waals surface area contributed by atoms with Crippen molar-refractivity contribution in [1.82, 2.24) is 19.9 Å². The summed E-state index contributed by atoms with van der Waals surface area (Å²) < 4.78 is 15.8.